The van der Waals surface area contributed by atoms with Crippen LogP contribution in [0.3, 0.4) is 0 Å². The molecule has 188 valence electrons. The zero-order valence-electron chi connectivity index (χ0n) is 20.4. The average Bonchev–Trinajstić information content (AvgIpc) is 2.82. The minimum atomic E-state index is -4.55. The summed E-state index contributed by atoms with van der Waals surface area (Å²) in [5.41, 5.74) is 0.945. The third kappa shape index (κ3) is 5.27. The van der Waals surface area contributed by atoms with Crippen LogP contribution in [0.1, 0.15) is 51.2 Å². The van der Waals surface area contributed by atoms with Crippen LogP contribution in [0.5, 0.6) is 0 Å². The lowest BCUT2D eigenvalue weighted by Gasteiger charge is -2.37. The van der Waals surface area contributed by atoms with Crippen LogP contribution in [0.25, 0.3) is 16.5 Å². The molecule has 2 aromatic carbocycles. The Morgan fingerprint density at radius 2 is 1.89 bits per heavy atom. The van der Waals surface area contributed by atoms with Crippen LogP contribution in [-0.2, 0) is 15.8 Å². The first-order valence-electron chi connectivity index (χ1n) is 11.9. The first-order chi connectivity index (χ1) is 17.0. The van der Waals surface area contributed by atoms with E-state index in [2.05, 4.69) is 10.3 Å². The van der Waals surface area contributed by atoms with Gasteiger partial charge in [-0.05, 0) is 48.7 Å². The van der Waals surface area contributed by atoms with Crippen molar-refractivity contribution in [1.29, 1.82) is 0 Å². The second-order valence-corrected chi connectivity index (χ2v) is 9.64. The zero-order chi connectivity index (χ0) is 26.1. The Hall–Kier alpha value is -3.68. The highest BCUT2D eigenvalue weighted by Gasteiger charge is 2.37. The average molecular weight is 496 g/mol. The van der Waals surface area contributed by atoms with E-state index in [-0.39, 0.29) is 18.1 Å². The number of alkyl halides is 3. The number of amides is 2. The highest BCUT2D eigenvalue weighted by molar-refractivity contribution is 6.08. The van der Waals surface area contributed by atoms with Gasteiger partial charge in [-0.25, -0.2) is 0 Å². The van der Waals surface area contributed by atoms with Crippen LogP contribution in [0.4, 0.5) is 24.5 Å². The Morgan fingerprint density at radius 3 is 2.61 bits per heavy atom. The van der Waals surface area contributed by atoms with E-state index >= 15 is 0 Å². The van der Waals surface area contributed by atoms with Gasteiger partial charge in [-0.1, -0.05) is 45.4 Å². The van der Waals surface area contributed by atoms with Crippen molar-refractivity contribution in [3.8, 4) is 0 Å². The molecule has 1 aliphatic heterocycles. The fraction of sp³-hybridized carbons (Fsp3) is 0.321. The topological polar surface area (TPSA) is 62.3 Å². The molecule has 0 saturated carbocycles. The van der Waals surface area contributed by atoms with Crippen molar-refractivity contribution in [1.82, 2.24) is 4.98 Å². The van der Waals surface area contributed by atoms with Crippen molar-refractivity contribution in [3.63, 3.8) is 0 Å². The molecule has 0 unspecified atom stereocenters. The smallest absolute Gasteiger partial charge is 0.322 e. The van der Waals surface area contributed by atoms with Crippen LogP contribution < -0.4 is 10.2 Å². The van der Waals surface area contributed by atoms with Crippen molar-refractivity contribution in [2.24, 2.45) is 5.41 Å². The molecule has 1 aliphatic rings. The number of hydrogen-bond donors (Lipinski definition) is 1. The number of fused-ring (bicyclic) bond motifs is 2. The summed E-state index contributed by atoms with van der Waals surface area (Å²) in [4.78, 5) is 31.9. The van der Waals surface area contributed by atoms with Crippen LogP contribution in [0.2, 0.25) is 0 Å². The molecule has 1 aromatic heterocycles. The number of pyridine rings is 1. The highest BCUT2D eigenvalue weighted by Crippen LogP contribution is 2.41. The predicted octanol–water partition coefficient (Wildman–Crippen LogP) is 6.84. The molecule has 0 aliphatic carbocycles. The van der Waals surface area contributed by atoms with Crippen molar-refractivity contribution in [2.75, 3.05) is 16.8 Å². The second kappa shape index (κ2) is 9.76. The van der Waals surface area contributed by atoms with E-state index in [4.69, 9.17) is 0 Å². The normalized spacial score (nSPS) is 15.2. The van der Waals surface area contributed by atoms with Crippen LogP contribution in [0, 0.1) is 5.41 Å². The van der Waals surface area contributed by atoms with Gasteiger partial charge in [-0.15, -0.1) is 0 Å². The van der Waals surface area contributed by atoms with E-state index < -0.39 is 23.1 Å². The SMILES string of the molecule is CCCC(C)(C)C(=O)N1CCC(=CC(=O)Nc2ccc3cccnc3c2)c2ccc(C(F)(F)F)cc21. The summed E-state index contributed by atoms with van der Waals surface area (Å²) < 4.78 is 40.5. The summed E-state index contributed by atoms with van der Waals surface area (Å²) >= 11 is 0. The summed E-state index contributed by atoms with van der Waals surface area (Å²) in [6.45, 7) is 5.78. The molecule has 2 heterocycles. The van der Waals surface area contributed by atoms with Gasteiger partial charge >= 0.3 is 6.18 Å². The van der Waals surface area contributed by atoms with Gasteiger partial charge in [0.1, 0.15) is 0 Å². The maximum absolute atomic E-state index is 13.5. The first kappa shape index (κ1) is 25.4. The maximum atomic E-state index is 13.5. The lowest BCUT2D eigenvalue weighted by Crippen LogP contribution is -2.43. The minimum absolute atomic E-state index is 0.180. The lowest BCUT2D eigenvalue weighted by atomic mass is 9.84. The monoisotopic (exact) mass is 495 g/mol. The second-order valence-electron chi connectivity index (χ2n) is 9.64. The molecule has 5 nitrogen and oxygen atoms in total. The largest absolute Gasteiger partial charge is 0.416 e. The lowest BCUT2D eigenvalue weighted by molar-refractivity contribution is -0.137. The summed E-state index contributed by atoms with van der Waals surface area (Å²) in [7, 11) is 0. The molecule has 0 atom stereocenters. The van der Waals surface area contributed by atoms with E-state index in [0.29, 0.717) is 29.7 Å². The highest BCUT2D eigenvalue weighted by atomic mass is 19.4. The Bertz CT molecular complexity index is 1350. The van der Waals surface area contributed by atoms with Crippen LogP contribution in [0.15, 0.2) is 60.8 Å². The number of rotatable bonds is 5. The Morgan fingerprint density at radius 1 is 1.11 bits per heavy atom. The molecule has 0 bridgehead atoms. The van der Waals surface area contributed by atoms with E-state index in [9.17, 15) is 22.8 Å². The fourth-order valence-electron chi connectivity index (χ4n) is 4.63. The number of carbonyl (C=O) groups excluding carboxylic acids is 2. The number of nitrogens with zero attached hydrogens (tertiary/aromatic N) is 2. The van der Waals surface area contributed by atoms with Gasteiger partial charge < -0.3 is 10.2 Å². The number of hydrogen-bond acceptors (Lipinski definition) is 3. The number of anilines is 2. The number of halogens is 3. The minimum Gasteiger partial charge on any atom is -0.322 e. The standard InChI is InChI=1S/C28H28F3N3O2/c1-4-12-27(2,3)26(36)34-14-11-19(22-10-8-20(16-24(22)34)28(29,30)31)15-25(35)33-21-9-7-18-6-5-13-32-23(18)17-21/h5-10,13,15-17H,4,11-12,14H2,1-3H3,(H,33,35). The molecule has 36 heavy (non-hydrogen) atoms. The zero-order valence-corrected chi connectivity index (χ0v) is 20.4. The molecule has 0 saturated heterocycles. The third-order valence-electron chi connectivity index (χ3n) is 6.44. The molecule has 0 fully saturated rings. The fourth-order valence-corrected chi connectivity index (χ4v) is 4.63. The van der Waals surface area contributed by atoms with Gasteiger partial charge in [-0.2, -0.15) is 13.2 Å². The number of benzene rings is 2. The van der Waals surface area contributed by atoms with Gasteiger partial charge in [0.2, 0.25) is 11.8 Å². The van der Waals surface area contributed by atoms with Gasteiger partial charge in [0, 0.05) is 40.9 Å². The summed E-state index contributed by atoms with van der Waals surface area (Å²) in [6, 6.07) is 12.5. The summed E-state index contributed by atoms with van der Waals surface area (Å²) in [5, 5.41) is 3.74. The quantitative estimate of drug-likeness (QED) is 0.394. The van der Waals surface area contributed by atoms with E-state index in [1.54, 1.807) is 18.3 Å². The first-order valence-corrected chi connectivity index (χ1v) is 11.9. The van der Waals surface area contributed by atoms with Gasteiger partial charge in [0.15, 0.2) is 0 Å². The molecular formula is C28H28F3N3O2. The Labute approximate surface area is 208 Å². The molecule has 2 amide bonds. The van der Waals surface area contributed by atoms with E-state index in [0.717, 1.165) is 29.5 Å². The van der Waals surface area contributed by atoms with Gasteiger partial charge in [0.25, 0.3) is 0 Å². The molecular weight excluding hydrogens is 467 g/mol. The Balaban J connectivity index is 1.67. The summed E-state index contributed by atoms with van der Waals surface area (Å²) in [6.07, 6.45) is 0.247. The van der Waals surface area contributed by atoms with Crippen molar-refractivity contribution in [2.45, 2.75) is 46.2 Å². The molecule has 4 rings (SSSR count). The molecule has 0 spiro atoms. The van der Waals surface area contributed by atoms with Crippen molar-refractivity contribution >= 4 is 39.7 Å². The van der Waals surface area contributed by atoms with Gasteiger partial charge in [-0.3, -0.25) is 14.6 Å². The number of carbonyl (C=O) groups is 2. The van der Waals surface area contributed by atoms with E-state index in [1.165, 1.54) is 17.0 Å². The van der Waals surface area contributed by atoms with Crippen molar-refractivity contribution < 1.29 is 22.8 Å². The van der Waals surface area contributed by atoms with Gasteiger partial charge in [0.05, 0.1) is 16.8 Å². The van der Waals surface area contributed by atoms with Crippen LogP contribution >= 0.6 is 0 Å². The van der Waals surface area contributed by atoms with Crippen molar-refractivity contribution in [3.05, 3.63) is 71.9 Å². The molecule has 8 heteroatoms. The number of aromatic nitrogens is 1. The summed E-state index contributed by atoms with van der Waals surface area (Å²) in [5.74, 6) is -0.630. The molecule has 1 N–H and O–H groups in total. The van der Waals surface area contributed by atoms with E-state index in [1.807, 2.05) is 39.0 Å². The predicted molar refractivity (Wildman–Crippen MR) is 135 cm³/mol. The molecule has 0 radical (unpaired) electrons. The molecule has 3 aromatic rings. The van der Waals surface area contributed by atoms with Crippen LogP contribution in [-0.4, -0.2) is 23.3 Å². The number of nitrogens with one attached hydrogen (secondary N) is 1. The maximum Gasteiger partial charge on any atom is 0.416 e. The third-order valence-corrected chi connectivity index (χ3v) is 6.44. The Kier molecular flexibility index (Phi) is 6.89.